The molecular formula is C6H14O2. The van der Waals surface area contributed by atoms with E-state index in [1.54, 1.807) is 0 Å². The highest BCUT2D eigenvalue weighted by Crippen LogP contribution is 1.85. The highest BCUT2D eigenvalue weighted by atomic mass is 16.5. The van der Waals surface area contributed by atoms with Crippen molar-refractivity contribution >= 4 is 0 Å². The van der Waals surface area contributed by atoms with Crippen LogP contribution in [0.2, 0.25) is 0 Å². The molecule has 0 spiro atoms. The topological polar surface area (TPSA) is 29.5 Å². The van der Waals surface area contributed by atoms with Crippen LogP contribution in [0.15, 0.2) is 0 Å². The van der Waals surface area contributed by atoms with E-state index >= 15 is 0 Å². The SMILES string of the molecule is [2H]C([2H])([2H])C([2H])([2H])C([2H])([2H])COCCO. The maximum Gasteiger partial charge on any atom is 0.0697 e. The summed E-state index contributed by atoms with van der Waals surface area (Å²) < 4.78 is 54.2. The number of aliphatic hydroxyl groups excluding tert-OH is 1. The fraction of sp³-hybridized carbons (Fsp3) is 1.00. The van der Waals surface area contributed by atoms with Gasteiger partial charge in [0.1, 0.15) is 0 Å². The Labute approximate surface area is 60.3 Å². The van der Waals surface area contributed by atoms with E-state index < -0.39 is 26.2 Å². The van der Waals surface area contributed by atoms with Crippen LogP contribution < -0.4 is 0 Å². The second-order valence-corrected chi connectivity index (χ2v) is 1.08. The minimum atomic E-state index is -3.06. The second kappa shape index (κ2) is 6.92. The molecule has 0 rings (SSSR count). The van der Waals surface area contributed by atoms with Crippen LogP contribution in [-0.2, 0) is 4.74 Å². The number of aliphatic hydroxyl groups is 1. The third kappa shape index (κ3) is 5.92. The first-order valence-electron chi connectivity index (χ1n) is 5.75. The molecule has 0 bridgehead atoms. The average Bonchev–Trinajstić information content (AvgIpc) is 2.02. The number of hydrogen-bond acceptors (Lipinski definition) is 2. The summed E-state index contributed by atoms with van der Waals surface area (Å²) in [6.45, 7) is -4.25. The Hall–Kier alpha value is -0.0800. The second-order valence-electron chi connectivity index (χ2n) is 1.08. The minimum absolute atomic E-state index is 0.156. The van der Waals surface area contributed by atoms with E-state index in [0.717, 1.165) is 0 Å². The van der Waals surface area contributed by atoms with Gasteiger partial charge in [0.05, 0.1) is 13.2 Å². The Balaban J connectivity index is 4.56. The Kier molecular flexibility index (Phi) is 1.69. The zero-order valence-corrected chi connectivity index (χ0v) is 4.48. The molecule has 0 aromatic heterocycles. The first-order chi connectivity index (χ1) is 6.56. The molecule has 0 aromatic rings. The highest BCUT2D eigenvalue weighted by molar-refractivity contribution is 4.30. The molecule has 1 N–H and O–H groups in total. The van der Waals surface area contributed by atoms with Crippen molar-refractivity contribution in [3.05, 3.63) is 0 Å². The van der Waals surface area contributed by atoms with Gasteiger partial charge >= 0.3 is 0 Å². The van der Waals surface area contributed by atoms with Crippen molar-refractivity contribution < 1.29 is 19.4 Å². The monoisotopic (exact) mass is 125 g/mol. The van der Waals surface area contributed by atoms with Gasteiger partial charge in [-0.15, -0.1) is 0 Å². The fourth-order valence-corrected chi connectivity index (χ4v) is 0.224. The molecule has 0 saturated heterocycles. The zero-order chi connectivity index (χ0) is 12.3. The van der Waals surface area contributed by atoms with Gasteiger partial charge in [0.25, 0.3) is 0 Å². The van der Waals surface area contributed by atoms with Gasteiger partial charge in [-0.25, -0.2) is 0 Å². The van der Waals surface area contributed by atoms with Crippen LogP contribution in [0.3, 0.4) is 0 Å². The smallest absolute Gasteiger partial charge is 0.0697 e. The van der Waals surface area contributed by atoms with E-state index in [1.807, 2.05) is 0 Å². The predicted octanol–water partition coefficient (Wildman–Crippen LogP) is 0.795. The molecule has 0 amide bonds. The van der Waals surface area contributed by atoms with Crippen molar-refractivity contribution in [2.24, 2.45) is 0 Å². The lowest BCUT2D eigenvalue weighted by Crippen LogP contribution is -1.99. The van der Waals surface area contributed by atoms with E-state index in [4.69, 9.17) is 14.7 Å². The summed E-state index contributed by atoms with van der Waals surface area (Å²) in [5.74, 6) is 0. The van der Waals surface area contributed by atoms with E-state index in [0.29, 0.717) is 0 Å². The van der Waals surface area contributed by atoms with Crippen LogP contribution in [0, 0.1) is 0 Å². The first kappa shape index (κ1) is 1.96. The summed E-state index contributed by atoms with van der Waals surface area (Å²) in [5, 5.41) is 8.37. The summed E-state index contributed by atoms with van der Waals surface area (Å²) in [4.78, 5) is 0. The molecule has 2 heteroatoms. The molecule has 0 heterocycles. The van der Waals surface area contributed by atoms with Gasteiger partial charge in [-0.3, -0.25) is 0 Å². The third-order valence-electron chi connectivity index (χ3n) is 0.498. The van der Waals surface area contributed by atoms with Crippen molar-refractivity contribution in [2.45, 2.75) is 19.6 Å². The van der Waals surface area contributed by atoms with Gasteiger partial charge in [-0.05, 0) is 6.37 Å². The Morgan fingerprint density at radius 1 is 1.75 bits per heavy atom. The summed E-state index contributed by atoms with van der Waals surface area (Å²) >= 11 is 0. The Morgan fingerprint density at radius 3 is 3.25 bits per heavy atom. The lowest BCUT2D eigenvalue weighted by atomic mass is 10.4. The molecular weight excluding hydrogens is 104 g/mol. The quantitative estimate of drug-likeness (QED) is 0.551. The van der Waals surface area contributed by atoms with E-state index in [1.165, 1.54) is 0 Å². The minimum Gasteiger partial charge on any atom is -0.394 e. The van der Waals surface area contributed by atoms with Crippen LogP contribution in [0.25, 0.3) is 0 Å². The first-order valence-corrected chi connectivity index (χ1v) is 2.25. The number of rotatable bonds is 5. The molecule has 0 radical (unpaired) electrons. The van der Waals surface area contributed by atoms with Gasteiger partial charge in [-0.2, -0.15) is 0 Å². The van der Waals surface area contributed by atoms with Crippen LogP contribution in [0.5, 0.6) is 0 Å². The van der Waals surface area contributed by atoms with E-state index in [9.17, 15) is 0 Å². The molecule has 0 aliphatic heterocycles. The van der Waals surface area contributed by atoms with Crippen molar-refractivity contribution in [3.63, 3.8) is 0 Å². The van der Waals surface area contributed by atoms with Gasteiger partial charge in [0, 0.05) is 16.2 Å². The van der Waals surface area contributed by atoms with Crippen molar-refractivity contribution in [1.29, 1.82) is 0 Å². The molecule has 0 fully saturated rings. The summed E-state index contributed by atoms with van der Waals surface area (Å²) in [6, 6.07) is 0. The maximum absolute atomic E-state index is 8.37. The lowest BCUT2D eigenvalue weighted by Gasteiger charge is -1.97. The average molecular weight is 125 g/mol. The molecule has 0 aromatic carbocycles. The fourth-order valence-electron chi connectivity index (χ4n) is 0.224. The molecule has 0 unspecified atom stereocenters. The third-order valence-corrected chi connectivity index (χ3v) is 0.498. The summed E-state index contributed by atoms with van der Waals surface area (Å²) in [7, 11) is 0. The van der Waals surface area contributed by atoms with E-state index in [-0.39, 0.29) is 13.2 Å². The molecule has 0 aliphatic rings. The van der Waals surface area contributed by atoms with E-state index in [2.05, 4.69) is 4.74 Å². The summed E-state index contributed by atoms with van der Waals surface area (Å²) in [6.07, 6.45) is -5.62. The highest BCUT2D eigenvalue weighted by Gasteiger charge is 1.82. The van der Waals surface area contributed by atoms with Crippen LogP contribution in [0.1, 0.15) is 29.2 Å². The Morgan fingerprint density at radius 2 is 2.62 bits per heavy atom. The molecule has 0 atom stereocenters. The molecule has 0 aliphatic carbocycles. The van der Waals surface area contributed by atoms with Gasteiger partial charge < -0.3 is 9.84 Å². The number of ether oxygens (including phenoxy) is 1. The molecule has 2 nitrogen and oxygen atoms in total. The summed E-state index contributed by atoms with van der Waals surface area (Å²) in [5.41, 5.74) is 0. The predicted molar refractivity (Wildman–Crippen MR) is 32.8 cm³/mol. The van der Waals surface area contributed by atoms with Gasteiger partial charge in [0.15, 0.2) is 0 Å². The van der Waals surface area contributed by atoms with Gasteiger partial charge in [0.2, 0.25) is 0 Å². The van der Waals surface area contributed by atoms with Crippen LogP contribution in [-0.4, -0.2) is 24.9 Å². The Bertz CT molecular complexity index is 200. The molecule has 0 saturated carbocycles. The van der Waals surface area contributed by atoms with Crippen LogP contribution in [0.4, 0.5) is 0 Å². The molecule has 8 heavy (non-hydrogen) atoms. The largest absolute Gasteiger partial charge is 0.394 e. The van der Waals surface area contributed by atoms with Gasteiger partial charge in [-0.1, -0.05) is 13.2 Å². The standard InChI is InChI=1S/C6H14O2/c1-2-3-5-8-6-4-7/h7H,2-6H2,1H3/i1D3,2D2,3D2. The van der Waals surface area contributed by atoms with Crippen molar-refractivity contribution in [1.82, 2.24) is 0 Å². The lowest BCUT2D eigenvalue weighted by molar-refractivity contribution is 0.0904. The van der Waals surface area contributed by atoms with Crippen molar-refractivity contribution in [2.75, 3.05) is 19.8 Å². The zero-order valence-electron chi connectivity index (χ0n) is 11.5. The molecule has 50 valence electrons. The van der Waals surface area contributed by atoms with Crippen LogP contribution >= 0.6 is 0 Å². The van der Waals surface area contributed by atoms with Crippen molar-refractivity contribution in [3.8, 4) is 0 Å². The normalized spacial score (nSPS) is 27.9. The number of hydrogen-bond donors (Lipinski definition) is 1. The maximum atomic E-state index is 8.37.